The Morgan fingerprint density at radius 3 is 2.68 bits per heavy atom. The van der Waals surface area contributed by atoms with Crippen molar-refractivity contribution in [2.45, 2.75) is 38.3 Å². The highest BCUT2D eigenvalue weighted by Gasteiger charge is 2.43. The molecular formula is C26H27F2N5O4. The lowest BCUT2D eigenvalue weighted by Crippen LogP contribution is -2.59. The van der Waals surface area contributed by atoms with E-state index in [2.05, 4.69) is 36.0 Å². The summed E-state index contributed by atoms with van der Waals surface area (Å²) in [5, 5.41) is 0. The Bertz CT molecular complexity index is 1440. The predicted octanol–water partition coefficient (Wildman–Crippen LogP) is 3.92. The maximum absolute atomic E-state index is 13.5. The molecular weight excluding hydrogens is 484 g/mol. The Morgan fingerprint density at radius 1 is 1.16 bits per heavy atom. The topological polar surface area (TPSA) is 73.4 Å². The van der Waals surface area contributed by atoms with E-state index in [4.69, 9.17) is 11.3 Å². The van der Waals surface area contributed by atoms with E-state index in [1.165, 1.54) is 10.6 Å². The molecule has 1 saturated heterocycles. The molecule has 194 valence electrons. The number of piperazine rings is 1. The highest BCUT2D eigenvalue weighted by atomic mass is 19.3. The van der Waals surface area contributed by atoms with Crippen LogP contribution in [0.25, 0.3) is 15.9 Å². The second-order valence-corrected chi connectivity index (χ2v) is 9.28. The lowest BCUT2D eigenvalue weighted by Gasteiger charge is -2.47. The van der Waals surface area contributed by atoms with Gasteiger partial charge in [-0.25, -0.2) is 0 Å². The second kappa shape index (κ2) is 9.61. The van der Waals surface area contributed by atoms with Gasteiger partial charge in [0.25, 0.3) is 11.4 Å². The largest absolute Gasteiger partial charge is 0.586 e. The van der Waals surface area contributed by atoms with E-state index in [-0.39, 0.29) is 35.0 Å². The molecule has 9 nitrogen and oxygen atoms in total. The number of anilines is 1. The number of methoxy groups -OCH3 is 1. The van der Waals surface area contributed by atoms with E-state index in [0.717, 1.165) is 12.0 Å². The second-order valence-electron chi connectivity index (χ2n) is 9.28. The van der Waals surface area contributed by atoms with Gasteiger partial charge >= 0.3 is 6.29 Å². The van der Waals surface area contributed by atoms with Gasteiger partial charge < -0.3 is 28.5 Å². The maximum Gasteiger partial charge on any atom is 0.586 e. The number of ether oxygens (including phenoxy) is 3. The predicted molar refractivity (Wildman–Crippen MR) is 133 cm³/mol. The van der Waals surface area contributed by atoms with E-state index in [1.807, 2.05) is 0 Å². The quantitative estimate of drug-likeness (QED) is 0.465. The summed E-state index contributed by atoms with van der Waals surface area (Å²) >= 11 is 0. The van der Waals surface area contributed by atoms with Crippen molar-refractivity contribution in [2.24, 2.45) is 7.05 Å². The third kappa shape index (κ3) is 4.70. The standard InChI is InChI=1S/C26H27F2N5O4/c1-5-17-13-32(12-16-6-8-21-22(10-16)37-26(27,28)36-21)18(15-35-4)14-33(17)20-11-24(34)31(3)19-7-9-23(29-2)30-25(19)20/h6-11,17-18H,5,12-15H2,1,3-4H3/t17-,18-/m0/s1. The van der Waals surface area contributed by atoms with Gasteiger partial charge in [-0.05, 0) is 36.2 Å². The summed E-state index contributed by atoms with van der Waals surface area (Å²) in [5.74, 6) is 0.299. The number of nitrogens with zero attached hydrogens (tertiary/aromatic N) is 5. The molecule has 0 radical (unpaired) electrons. The zero-order valence-electron chi connectivity index (χ0n) is 20.8. The third-order valence-corrected chi connectivity index (χ3v) is 6.97. The molecule has 2 aliphatic rings. The Hall–Kier alpha value is -3.75. The van der Waals surface area contributed by atoms with Gasteiger partial charge in [0.1, 0.15) is 0 Å². The highest BCUT2D eigenvalue weighted by Crippen LogP contribution is 2.41. The lowest BCUT2D eigenvalue weighted by molar-refractivity contribution is -0.286. The Kier molecular flexibility index (Phi) is 6.47. The summed E-state index contributed by atoms with van der Waals surface area (Å²) in [6.45, 7) is 11.6. The first-order valence-electron chi connectivity index (χ1n) is 12.0. The van der Waals surface area contributed by atoms with Crippen LogP contribution in [0, 0.1) is 6.57 Å². The van der Waals surface area contributed by atoms with Gasteiger partial charge in [0.2, 0.25) is 5.52 Å². The average Bonchev–Trinajstić information content (AvgIpc) is 3.19. The molecule has 0 amide bonds. The molecule has 3 aromatic rings. The molecule has 0 N–H and O–H groups in total. The summed E-state index contributed by atoms with van der Waals surface area (Å²) in [4.78, 5) is 25.3. The molecule has 1 aromatic carbocycles. The fourth-order valence-electron chi connectivity index (χ4n) is 5.11. The van der Waals surface area contributed by atoms with E-state index in [9.17, 15) is 13.6 Å². The molecule has 4 heterocycles. The molecule has 1 fully saturated rings. The maximum atomic E-state index is 13.5. The number of aryl methyl sites for hydroxylation is 1. The van der Waals surface area contributed by atoms with Gasteiger partial charge in [0.05, 0.1) is 23.9 Å². The fourth-order valence-corrected chi connectivity index (χ4v) is 5.11. The summed E-state index contributed by atoms with van der Waals surface area (Å²) in [5.41, 5.74) is 2.62. The molecule has 2 atom stereocenters. The molecule has 2 aliphatic heterocycles. The van der Waals surface area contributed by atoms with Crippen molar-refractivity contribution < 1.29 is 23.0 Å². The molecule has 0 aliphatic carbocycles. The highest BCUT2D eigenvalue weighted by molar-refractivity contribution is 5.89. The monoisotopic (exact) mass is 511 g/mol. The van der Waals surface area contributed by atoms with E-state index >= 15 is 0 Å². The van der Waals surface area contributed by atoms with Crippen LogP contribution in [-0.2, 0) is 18.3 Å². The summed E-state index contributed by atoms with van der Waals surface area (Å²) in [6.07, 6.45) is -2.86. The normalized spacial score (nSPS) is 20.8. The molecule has 5 rings (SSSR count). The van der Waals surface area contributed by atoms with Crippen molar-refractivity contribution in [1.29, 1.82) is 0 Å². The smallest absolute Gasteiger partial charge is 0.395 e. The van der Waals surface area contributed by atoms with Crippen LogP contribution in [0.4, 0.5) is 20.3 Å². The van der Waals surface area contributed by atoms with Crippen molar-refractivity contribution in [3.05, 3.63) is 63.7 Å². The minimum Gasteiger partial charge on any atom is -0.395 e. The fraction of sp³-hybridized carbons (Fsp3) is 0.423. The van der Waals surface area contributed by atoms with Gasteiger partial charge in [-0.15, -0.1) is 13.8 Å². The zero-order chi connectivity index (χ0) is 26.3. The minimum atomic E-state index is -3.66. The van der Waals surface area contributed by atoms with E-state index in [1.54, 1.807) is 44.5 Å². The van der Waals surface area contributed by atoms with Crippen molar-refractivity contribution >= 4 is 22.5 Å². The molecule has 11 heteroatoms. The number of rotatable bonds is 6. The number of aromatic nitrogens is 2. The number of benzene rings is 1. The van der Waals surface area contributed by atoms with Gasteiger partial charge in [-0.2, -0.15) is 0 Å². The Morgan fingerprint density at radius 2 is 1.95 bits per heavy atom. The van der Waals surface area contributed by atoms with E-state index < -0.39 is 6.29 Å². The van der Waals surface area contributed by atoms with Crippen LogP contribution in [0.3, 0.4) is 0 Å². The van der Waals surface area contributed by atoms with Gasteiger partial charge in [0.15, 0.2) is 11.5 Å². The van der Waals surface area contributed by atoms with Gasteiger partial charge in [-0.1, -0.05) is 19.6 Å². The summed E-state index contributed by atoms with van der Waals surface area (Å²) in [7, 11) is 3.33. The molecule has 0 spiro atoms. The van der Waals surface area contributed by atoms with Gasteiger partial charge in [-0.3, -0.25) is 9.69 Å². The number of hydrogen-bond acceptors (Lipinski definition) is 7. The molecule has 37 heavy (non-hydrogen) atoms. The van der Waals surface area contributed by atoms with Crippen LogP contribution in [0.5, 0.6) is 11.5 Å². The van der Waals surface area contributed by atoms with Crippen LogP contribution in [0.2, 0.25) is 0 Å². The molecule has 0 bridgehead atoms. The van der Waals surface area contributed by atoms with E-state index in [0.29, 0.717) is 43.0 Å². The van der Waals surface area contributed by atoms with Crippen molar-refractivity contribution in [1.82, 2.24) is 14.5 Å². The van der Waals surface area contributed by atoms with Crippen molar-refractivity contribution in [2.75, 3.05) is 31.7 Å². The van der Waals surface area contributed by atoms with Crippen molar-refractivity contribution in [3.63, 3.8) is 0 Å². The zero-order valence-corrected chi connectivity index (χ0v) is 20.8. The van der Waals surface area contributed by atoms with Crippen molar-refractivity contribution in [3.8, 4) is 11.5 Å². The lowest BCUT2D eigenvalue weighted by atomic mass is 10.0. The van der Waals surface area contributed by atoms with Crippen LogP contribution in [-0.4, -0.2) is 59.6 Å². The first-order chi connectivity index (χ1) is 17.7. The first-order valence-corrected chi connectivity index (χ1v) is 12.0. The SMILES string of the molecule is [C-]#[N+]c1ccc2c(n1)c(N1C[C@@H](COC)N(Cc3ccc4c(c3)OC(F)(F)O4)C[C@@H]1CC)cc(=O)n2C. The minimum absolute atomic E-state index is 0.0160. The summed E-state index contributed by atoms with van der Waals surface area (Å²) < 4.78 is 43.2. The number of pyridine rings is 2. The molecule has 2 aromatic heterocycles. The number of hydrogen-bond donors (Lipinski definition) is 0. The average molecular weight is 512 g/mol. The number of alkyl halides is 2. The van der Waals surface area contributed by atoms with Crippen LogP contribution in [0.1, 0.15) is 18.9 Å². The van der Waals surface area contributed by atoms with Gasteiger partial charge in [0, 0.05) is 45.9 Å². The third-order valence-electron chi connectivity index (χ3n) is 6.97. The van der Waals surface area contributed by atoms with Crippen LogP contribution >= 0.6 is 0 Å². The van der Waals surface area contributed by atoms with Crippen LogP contribution < -0.4 is 19.9 Å². The Labute approximate surface area is 212 Å². The number of halogens is 2. The molecule has 0 unspecified atom stereocenters. The van der Waals surface area contributed by atoms with Crippen LogP contribution in [0.15, 0.2) is 41.2 Å². The first kappa shape index (κ1) is 24.9. The Balaban J connectivity index is 1.48. The summed E-state index contributed by atoms with van der Waals surface area (Å²) in [6, 6.07) is 9.78. The number of fused-ring (bicyclic) bond motifs is 2. The molecule has 0 saturated carbocycles.